The van der Waals surface area contributed by atoms with Gasteiger partial charge in [-0.15, -0.1) is 0 Å². The van der Waals surface area contributed by atoms with E-state index >= 15 is 0 Å². The molecule has 0 spiro atoms. The van der Waals surface area contributed by atoms with Gasteiger partial charge in [0, 0.05) is 6.42 Å². The van der Waals surface area contributed by atoms with Gasteiger partial charge in [-0.1, -0.05) is 62.8 Å². The van der Waals surface area contributed by atoms with Crippen molar-refractivity contribution in [3.63, 3.8) is 0 Å². The van der Waals surface area contributed by atoms with Crippen molar-refractivity contribution in [1.29, 1.82) is 0 Å². The summed E-state index contributed by atoms with van der Waals surface area (Å²) in [5.41, 5.74) is 1.78. The first-order valence-corrected chi connectivity index (χ1v) is 9.05. The third-order valence-corrected chi connectivity index (χ3v) is 5.18. The number of unbranched alkanes of at least 4 members (excludes halogenated alkanes) is 6. The minimum atomic E-state index is -0.716. The van der Waals surface area contributed by atoms with E-state index < -0.39 is 17.4 Å². The summed E-state index contributed by atoms with van der Waals surface area (Å²) in [4.78, 5) is 22.3. The molecule has 2 N–H and O–H groups in total. The van der Waals surface area contributed by atoms with Crippen LogP contribution in [0.25, 0.3) is 0 Å². The Morgan fingerprint density at radius 1 is 0.833 bits per heavy atom. The van der Waals surface area contributed by atoms with Crippen molar-refractivity contribution in [3.8, 4) is 0 Å². The highest BCUT2D eigenvalue weighted by Gasteiger charge is 2.43. The number of carboxylic acids is 2. The van der Waals surface area contributed by atoms with E-state index in [-0.39, 0.29) is 6.42 Å². The molecule has 1 aromatic rings. The minimum Gasteiger partial charge on any atom is -0.481 e. The first-order valence-electron chi connectivity index (χ1n) is 9.05. The first-order chi connectivity index (χ1) is 11.5. The van der Waals surface area contributed by atoms with E-state index in [1.807, 2.05) is 12.1 Å². The molecule has 0 aromatic heterocycles. The highest BCUT2D eigenvalue weighted by molar-refractivity contribution is 5.77. The van der Waals surface area contributed by atoms with Crippen LogP contribution in [0, 0.1) is 5.41 Å². The maximum atomic E-state index is 11.8. The molecule has 0 amide bonds. The van der Waals surface area contributed by atoms with Crippen LogP contribution in [-0.4, -0.2) is 22.2 Å². The van der Waals surface area contributed by atoms with Crippen LogP contribution in [0.15, 0.2) is 24.3 Å². The third kappa shape index (κ3) is 5.08. The lowest BCUT2D eigenvalue weighted by Gasteiger charge is -2.23. The Bertz CT molecular complexity index is 540. The van der Waals surface area contributed by atoms with E-state index in [0.717, 1.165) is 51.4 Å². The fourth-order valence-corrected chi connectivity index (χ4v) is 3.75. The van der Waals surface area contributed by atoms with Crippen LogP contribution >= 0.6 is 0 Å². The van der Waals surface area contributed by atoms with Gasteiger partial charge in [0.1, 0.15) is 0 Å². The number of hydrogen-bond acceptors (Lipinski definition) is 2. The zero-order chi connectivity index (χ0) is 17.4. The van der Waals surface area contributed by atoms with Crippen LogP contribution in [0.3, 0.4) is 0 Å². The summed E-state index contributed by atoms with van der Waals surface area (Å²) in [5.74, 6) is -1.38. The van der Waals surface area contributed by atoms with Crippen LogP contribution in [0.2, 0.25) is 0 Å². The molecule has 4 heteroatoms. The van der Waals surface area contributed by atoms with E-state index in [1.54, 1.807) is 0 Å². The first kappa shape index (κ1) is 18.5. The van der Waals surface area contributed by atoms with Crippen LogP contribution < -0.4 is 0 Å². The predicted octanol–water partition coefficient (Wildman–Crippen LogP) is 4.45. The number of carbonyl (C=O) groups is 2. The van der Waals surface area contributed by atoms with Crippen molar-refractivity contribution in [3.05, 3.63) is 35.4 Å². The van der Waals surface area contributed by atoms with Gasteiger partial charge in [0.15, 0.2) is 0 Å². The number of carboxylic acid groups (broad SMARTS) is 2. The molecule has 1 aromatic carbocycles. The Morgan fingerprint density at radius 2 is 1.33 bits per heavy atom. The molecule has 0 atom stereocenters. The van der Waals surface area contributed by atoms with Gasteiger partial charge in [0.05, 0.1) is 5.41 Å². The normalized spacial score (nSPS) is 15.2. The van der Waals surface area contributed by atoms with Crippen LogP contribution in [0.5, 0.6) is 0 Å². The van der Waals surface area contributed by atoms with Gasteiger partial charge in [-0.05, 0) is 36.8 Å². The van der Waals surface area contributed by atoms with Crippen molar-refractivity contribution in [1.82, 2.24) is 0 Å². The topological polar surface area (TPSA) is 74.6 Å². The number of fused-ring (bicyclic) bond motifs is 1. The molecule has 4 nitrogen and oxygen atoms in total. The van der Waals surface area contributed by atoms with Crippen molar-refractivity contribution in [2.24, 2.45) is 5.41 Å². The van der Waals surface area contributed by atoms with E-state index in [1.165, 1.54) is 11.1 Å². The minimum absolute atomic E-state index is 0.266. The Hall–Kier alpha value is -1.84. The molecule has 2 rings (SSSR count). The molecular formula is C20H28O4. The van der Waals surface area contributed by atoms with Crippen LogP contribution in [-0.2, 0) is 22.4 Å². The monoisotopic (exact) mass is 332 g/mol. The zero-order valence-corrected chi connectivity index (χ0v) is 14.3. The quantitative estimate of drug-likeness (QED) is 0.587. The highest BCUT2D eigenvalue weighted by atomic mass is 16.4. The summed E-state index contributed by atoms with van der Waals surface area (Å²) < 4.78 is 0. The molecule has 0 saturated heterocycles. The molecule has 0 heterocycles. The Morgan fingerprint density at radius 3 is 1.83 bits per heavy atom. The Kier molecular flexibility index (Phi) is 6.83. The summed E-state index contributed by atoms with van der Waals surface area (Å²) in [5, 5.41) is 18.3. The summed E-state index contributed by atoms with van der Waals surface area (Å²) in [6.45, 7) is 0. The average Bonchev–Trinajstić information content (AvgIpc) is 2.93. The predicted molar refractivity (Wildman–Crippen MR) is 93.1 cm³/mol. The molecule has 0 bridgehead atoms. The number of hydrogen-bond donors (Lipinski definition) is 2. The second kappa shape index (κ2) is 8.86. The van der Waals surface area contributed by atoms with Gasteiger partial charge < -0.3 is 10.2 Å². The fraction of sp³-hybridized carbons (Fsp3) is 0.600. The van der Waals surface area contributed by atoms with Gasteiger partial charge in [-0.25, -0.2) is 0 Å². The maximum Gasteiger partial charge on any atom is 0.310 e. The van der Waals surface area contributed by atoms with Gasteiger partial charge >= 0.3 is 11.9 Å². The van der Waals surface area contributed by atoms with E-state index in [4.69, 9.17) is 5.11 Å². The second-order valence-corrected chi connectivity index (χ2v) is 7.08. The lowest BCUT2D eigenvalue weighted by atomic mass is 9.79. The van der Waals surface area contributed by atoms with Crippen LogP contribution in [0.1, 0.15) is 68.9 Å². The Labute approximate surface area is 143 Å². The molecule has 1 aliphatic carbocycles. The molecule has 1 aliphatic rings. The van der Waals surface area contributed by atoms with Crippen LogP contribution in [0.4, 0.5) is 0 Å². The van der Waals surface area contributed by atoms with Gasteiger partial charge in [0.2, 0.25) is 0 Å². The van der Waals surface area contributed by atoms with Gasteiger partial charge in [-0.3, -0.25) is 9.59 Å². The molecule has 24 heavy (non-hydrogen) atoms. The molecular weight excluding hydrogens is 304 g/mol. The Balaban J connectivity index is 1.65. The molecule has 0 saturated carbocycles. The van der Waals surface area contributed by atoms with Gasteiger partial charge in [0.25, 0.3) is 0 Å². The molecule has 0 radical (unpaired) electrons. The summed E-state index contributed by atoms with van der Waals surface area (Å²) >= 11 is 0. The molecule has 0 aliphatic heterocycles. The average molecular weight is 332 g/mol. The van der Waals surface area contributed by atoms with E-state index in [2.05, 4.69) is 12.1 Å². The van der Waals surface area contributed by atoms with Gasteiger partial charge in [-0.2, -0.15) is 0 Å². The largest absolute Gasteiger partial charge is 0.481 e. The van der Waals surface area contributed by atoms with E-state index in [9.17, 15) is 14.7 Å². The fourth-order valence-electron chi connectivity index (χ4n) is 3.75. The van der Waals surface area contributed by atoms with E-state index in [0.29, 0.717) is 12.8 Å². The number of aliphatic carboxylic acids is 2. The molecule has 0 fully saturated rings. The maximum absolute atomic E-state index is 11.8. The number of rotatable bonds is 11. The SMILES string of the molecule is O=C(O)CCCCCCCCCC1(C(=O)O)Cc2ccccc2C1. The summed E-state index contributed by atoms with van der Waals surface area (Å²) in [6, 6.07) is 8.08. The lowest BCUT2D eigenvalue weighted by molar-refractivity contribution is -0.149. The van der Waals surface area contributed by atoms with Crippen molar-refractivity contribution in [2.75, 3.05) is 0 Å². The number of benzene rings is 1. The second-order valence-electron chi connectivity index (χ2n) is 7.08. The molecule has 0 unspecified atom stereocenters. The summed E-state index contributed by atoms with van der Waals surface area (Å²) in [6.07, 6.45) is 9.37. The van der Waals surface area contributed by atoms with Crippen molar-refractivity contribution >= 4 is 11.9 Å². The van der Waals surface area contributed by atoms with Crippen molar-refractivity contribution in [2.45, 2.75) is 70.6 Å². The lowest BCUT2D eigenvalue weighted by Crippen LogP contribution is -2.31. The highest BCUT2D eigenvalue weighted by Crippen LogP contribution is 2.41. The third-order valence-electron chi connectivity index (χ3n) is 5.18. The zero-order valence-electron chi connectivity index (χ0n) is 14.3. The smallest absolute Gasteiger partial charge is 0.310 e. The standard InChI is InChI=1S/C20H28O4/c21-18(22)12-6-4-2-1-3-5-9-13-20(19(23)24)14-16-10-7-8-11-17(16)15-20/h7-8,10-11H,1-6,9,12-15H2,(H,21,22)(H,23,24). The van der Waals surface area contributed by atoms with Crippen molar-refractivity contribution < 1.29 is 19.8 Å². The summed E-state index contributed by atoms with van der Waals surface area (Å²) in [7, 11) is 0. The molecule has 132 valence electrons.